The van der Waals surface area contributed by atoms with Crippen LogP contribution in [0.2, 0.25) is 0 Å². The Morgan fingerprint density at radius 2 is 1.59 bits per heavy atom. The first kappa shape index (κ1) is 23.7. The normalized spacial score (nSPS) is 14.0. The molecular weight excluding hydrogens is 428 g/mol. The van der Waals surface area contributed by atoms with E-state index in [-0.39, 0.29) is 23.1 Å². The second-order valence-corrected chi connectivity index (χ2v) is 10.4. The lowest BCUT2D eigenvalue weighted by Crippen LogP contribution is -2.25. The van der Waals surface area contributed by atoms with Crippen LogP contribution in [0.25, 0.3) is 0 Å². The maximum atomic E-state index is 13.2. The predicted octanol–water partition coefficient (Wildman–Crippen LogP) is 2.42. The Kier molecular flexibility index (Phi) is 7.20. The first-order valence-corrected chi connectivity index (χ1v) is 12.0. The van der Waals surface area contributed by atoms with Gasteiger partial charge in [0, 0.05) is 52.7 Å². The first-order chi connectivity index (χ1) is 15.1. The molecule has 0 unspecified atom stereocenters. The van der Waals surface area contributed by atoms with Crippen molar-refractivity contribution in [1.82, 2.24) is 9.21 Å². The molecule has 0 bridgehead atoms. The second-order valence-electron chi connectivity index (χ2n) is 8.28. The van der Waals surface area contributed by atoms with Crippen LogP contribution in [0.4, 0.5) is 11.4 Å². The summed E-state index contributed by atoms with van der Waals surface area (Å²) in [7, 11) is 2.67. The summed E-state index contributed by atoms with van der Waals surface area (Å²) >= 11 is 0. The van der Waals surface area contributed by atoms with E-state index >= 15 is 0 Å². The number of anilines is 2. The van der Waals surface area contributed by atoms with Crippen molar-refractivity contribution >= 4 is 33.2 Å². The van der Waals surface area contributed by atoms with Gasteiger partial charge in [-0.05, 0) is 48.7 Å². The summed E-state index contributed by atoms with van der Waals surface area (Å²) in [5.74, 6) is -0.379. The van der Waals surface area contributed by atoms with E-state index in [0.717, 1.165) is 41.5 Å². The van der Waals surface area contributed by atoms with Crippen LogP contribution in [0.5, 0.6) is 0 Å². The molecule has 9 heteroatoms. The molecule has 1 aliphatic rings. The molecule has 8 nitrogen and oxygen atoms in total. The molecule has 3 rings (SSSR count). The van der Waals surface area contributed by atoms with E-state index < -0.39 is 10.0 Å². The summed E-state index contributed by atoms with van der Waals surface area (Å²) in [4.78, 5) is 28.8. The third-order valence-corrected chi connectivity index (χ3v) is 7.32. The van der Waals surface area contributed by atoms with E-state index in [1.54, 1.807) is 50.5 Å². The Morgan fingerprint density at radius 1 is 0.969 bits per heavy atom. The number of amides is 2. The van der Waals surface area contributed by atoms with Crippen molar-refractivity contribution in [3.8, 4) is 0 Å². The van der Waals surface area contributed by atoms with Crippen LogP contribution in [0.3, 0.4) is 0 Å². The standard InChI is InChI=1S/C23H30N4O4S/c1-25(2)22(28)15-17-7-9-18(10-8-17)24-23(29)20-16-19(32(30,31)26(3)4)11-12-21(20)27-13-5-6-14-27/h7-12,16H,5-6,13-15H2,1-4H3,(H,24,29). The van der Waals surface area contributed by atoms with Gasteiger partial charge in [-0.1, -0.05) is 12.1 Å². The molecule has 32 heavy (non-hydrogen) atoms. The predicted molar refractivity (Wildman–Crippen MR) is 126 cm³/mol. The van der Waals surface area contributed by atoms with E-state index in [1.807, 2.05) is 0 Å². The fraction of sp³-hybridized carbons (Fsp3) is 0.391. The van der Waals surface area contributed by atoms with Crippen LogP contribution in [-0.2, 0) is 21.2 Å². The van der Waals surface area contributed by atoms with Gasteiger partial charge in [0.05, 0.1) is 16.9 Å². The van der Waals surface area contributed by atoms with Gasteiger partial charge < -0.3 is 15.1 Å². The number of hydrogen-bond donors (Lipinski definition) is 1. The lowest BCUT2D eigenvalue weighted by molar-refractivity contribution is -0.127. The van der Waals surface area contributed by atoms with Gasteiger partial charge in [-0.25, -0.2) is 12.7 Å². The molecule has 1 saturated heterocycles. The summed E-state index contributed by atoms with van der Waals surface area (Å²) in [6.45, 7) is 1.66. The van der Waals surface area contributed by atoms with Crippen LogP contribution in [0.1, 0.15) is 28.8 Å². The zero-order valence-electron chi connectivity index (χ0n) is 19.0. The van der Waals surface area contributed by atoms with E-state index in [0.29, 0.717) is 11.3 Å². The van der Waals surface area contributed by atoms with E-state index in [1.165, 1.54) is 25.1 Å². The Labute approximate surface area is 189 Å². The molecule has 0 aliphatic carbocycles. The van der Waals surface area contributed by atoms with Crippen molar-refractivity contribution in [3.05, 3.63) is 53.6 Å². The topological polar surface area (TPSA) is 90.0 Å². The van der Waals surface area contributed by atoms with Gasteiger partial charge in [0.1, 0.15) is 0 Å². The highest BCUT2D eigenvalue weighted by molar-refractivity contribution is 7.89. The van der Waals surface area contributed by atoms with Crippen LogP contribution in [0.15, 0.2) is 47.4 Å². The van der Waals surface area contributed by atoms with Crippen molar-refractivity contribution in [3.63, 3.8) is 0 Å². The molecule has 0 saturated carbocycles. The van der Waals surface area contributed by atoms with Crippen molar-refractivity contribution < 1.29 is 18.0 Å². The monoisotopic (exact) mass is 458 g/mol. The molecule has 2 aromatic rings. The molecule has 1 heterocycles. The van der Waals surface area contributed by atoms with E-state index in [4.69, 9.17) is 0 Å². The average Bonchev–Trinajstić information content (AvgIpc) is 3.29. The Hall–Kier alpha value is -2.91. The maximum absolute atomic E-state index is 13.2. The minimum atomic E-state index is -3.67. The summed E-state index contributed by atoms with van der Waals surface area (Å²) in [6, 6.07) is 11.8. The zero-order valence-corrected chi connectivity index (χ0v) is 19.8. The molecule has 1 N–H and O–H groups in total. The molecule has 1 fully saturated rings. The number of rotatable bonds is 7. The molecule has 2 aromatic carbocycles. The lowest BCUT2D eigenvalue weighted by atomic mass is 10.1. The highest BCUT2D eigenvalue weighted by atomic mass is 32.2. The van der Waals surface area contributed by atoms with Crippen molar-refractivity contribution in [2.75, 3.05) is 51.5 Å². The van der Waals surface area contributed by atoms with Crippen LogP contribution >= 0.6 is 0 Å². The SMILES string of the molecule is CN(C)C(=O)Cc1ccc(NC(=O)c2cc(S(=O)(=O)N(C)C)ccc2N2CCCC2)cc1. The molecule has 172 valence electrons. The number of carbonyl (C=O) groups excluding carboxylic acids is 2. The van der Waals surface area contributed by atoms with Gasteiger partial charge in [0.2, 0.25) is 15.9 Å². The second kappa shape index (κ2) is 9.70. The highest BCUT2D eigenvalue weighted by Gasteiger charge is 2.24. The number of benzene rings is 2. The van der Waals surface area contributed by atoms with Crippen LogP contribution in [-0.4, -0.2) is 70.7 Å². The Bertz CT molecular complexity index is 1090. The lowest BCUT2D eigenvalue weighted by Gasteiger charge is -2.22. The molecule has 0 atom stereocenters. The molecule has 0 aromatic heterocycles. The van der Waals surface area contributed by atoms with Crippen LogP contribution < -0.4 is 10.2 Å². The molecule has 1 aliphatic heterocycles. The van der Waals surface area contributed by atoms with Gasteiger partial charge in [0.15, 0.2) is 0 Å². The van der Waals surface area contributed by atoms with Gasteiger partial charge in [-0.3, -0.25) is 9.59 Å². The summed E-state index contributed by atoms with van der Waals surface area (Å²) in [5.41, 5.74) is 2.47. The molecular formula is C23H30N4O4S. The van der Waals surface area contributed by atoms with Gasteiger partial charge in [-0.15, -0.1) is 0 Å². The highest BCUT2D eigenvalue weighted by Crippen LogP contribution is 2.29. The molecule has 2 amide bonds. The number of sulfonamides is 1. The van der Waals surface area contributed by atoms with Gasteiger partial charge >= 0.3 is 0 Å². The number of hydrogen-bond acceptors (Lipinski definition) is 5. The van der Waals surface area contributed by atoms with Gasteiger partial charge in [0.25, 0.3) is 5.91 Å². The number of nitrogens with one attached hydrogen (secondary N) is 1. The number of likely N-dealkylation sites (N-methyl/N-ethyl adjacent to an activating group) is 1. The maximum Gasteiger partial charge on any atom is 0.257 e. The molecule has 0 spiro atoms. The number of nitrogens with zero attached hydrogens (tertiary/aromatic N) is 3. The van der Waals surface area contributed by atoms with Gasteiger partial charge in [-0.2, -0.15) is 0 Å². The summed E-state index contributed by atoms with van der Waals surface area (Å²) in [6.07, 6.45) is 2.35. The van der Waals surface area contributed by atoms with Crippen molar-refractivity contribution in [2.45, 2.75) is 24.2 Å². The third-order valence-electron chi connectivity index (χ3n) is 5.50. The third kappa shape index (κ3) is 5.28. The minimum Gasteiger partial charge on any atom is -0.371 e. The Balaban J connectivity index is 1.87. The molecule has 0 radical (unpaired) electrons. The minimum absolute atomic E-state index is 0.00374. The summed E-state index contributed by atoms with van der Waals surface area (Å²) < 4.78 is 26.4. The number of carbonyl (C=O) groups is 2. The van der Waals surface area contributed by atoms with Crippen molar-refractivity contribution in [1.29, 1.82) is 0 Å². The average molecular weight is 459 g/mol. The Morgan fingerprint density at radius 3 is 2.16 bits per heavy atom. The smallest absolute Gasteiger partial charge is 0.257 e. The fourth-order valence-electron chi connectivity index (χ4n) is 3.54. The first-order valence-electron chi connectivity index (χ1n) is 10.5. The summed E-state index contributed by atoms with van der Waals surface area (Å²) in [5, 5.41) is 2.86. The quantitative estimate of drug-likeness (QED) is 0.688. The fourth-order valence-corrected chi connectivity index (χ4v) is 4.47. The largest absolute Gasteiger partial charge is 0.371 e. The van der Waals surface area contributed by atoms with E-state index in [9.17, 15) is 18.0 Å². The van der Waals surface area contributed by atoms with Crippen LogP contribution in [0, 0.1) is 0 Å². The van der Waals surface area contributed by atoms with Crippen molar-refractivity contribution in [2.24, 2.45) is 0 Å². The zero-order chi connectivity index (χ0) is 23.5. The van der Waals surface area contributed by atoms with E-state index in [2.05, 4.69) is 10.2 Å².